The Labute approximate surface area is 157 Å². The fourth-order valence-electron chi connectivity index (χ4n) is 2.59. The molecule has 2 aromatic carbocycles. The molecule has 1 heterocycles. The molecule has 0 saturated carbocycles. The van der Waals surface area contributed by atoms with E-state index in [1.54, 1.807) is 7.11 Å². The lowest BCUT2D eigenvalue weighted by Crippen LogP contribution is -2.27. The largest absolute Gasteiger partial charge is 0.493 e. The van der Waals surface area contributed by atoms with Crippen LogP contribution in [-0.2, 0) is 0 Å². The van der Waals surface area contributed by atoms with Crippen molar-refractivity contribution < 1.29 is 14.3 Å². The van der Waals surface area contributed by atoms with E-state index in [9.17, 15) is 4.79 Å². The number of aryl methyl sites for hydroxylation is 1. The molecule has 0 spiro atoms. The monoisotopic (exact) mass is 367 g/mol. The second-order valence-electron chi connectivity index (χ2n) is 5.78. The Bertz CT molecular complexity index is 871. The maximum absolute atomic E-state index is 12.5. The molecule has 134 valence electrons. The minimum atomic E-state index is -0.0841. The van der Waals surface area contributed by atoms with Crippen molar-refractivity contribution in [3.63, 3.8) is 0 Å². The van der Waals surface area contributed by atoms with Crippen LogP contribution in [-0.4, -0.2) is 26.2 Å². The Balaban J connectivity index is 1.58. The normalized spacial score (nSPS) is 10.4. The molecule has 1 amide bonds. The Morgan fingerprint density at radius 1 is 1.04 bits per heavy atom. The van der Waals surface area contributed by atoms with Crippen molar-refractivity contribution in [1.82, 2.24) is 5.32 Å². The average Bonchev–Trinajstić information content (AvgIpc) is 3.16. The van der Waals surface area contributed by atoms with Gasteiger partial charge in [-0.1, -0.05) is 42.0 Å². The molecule has 4 nitrogen and oxygen atoms in total. The van der Waals surface area contributed by atoms with Crippen LogP contribution in [0.25, 0.3) is 11.1 Å². The first-order chi connectivity index (χ1) is 12.7. The van der Waals surface area contributed by atoms with Gasteiger partial charge in [-0.3, -0.25) is 4.79 Å². The van der Waals surface area contributed by atoms with Gasteiger partial charge in [0.1, 0.15) is 6.61 Å². The molecule has 3 aromatic rings. The summed E-state index contributed by atoms with van der Waals surface area (Å²) in [6.07, 6.45) is 0. The number of carbonyl (C=O) groups excluding carboxylic acids is 1. The number of rotatable bonds is 7. The van der Waals surface area contributed by atoms with Gasteiger partial charge in [-0.25, -0.2) is 0 Å². The zero-order chi connectivity index (χ0) is 18.4. The average molecular weight is 367 g/mol. The van der Waals surface area contributed by atoms with Crippen LogP contribution in [0.4, 0.5) is 0 Å². The highest BCUT2D eigenvalue weighted by Crippen LogP contribution is 2.28. The first-order valence-corrected chi connectivity index (χ1v) is 9.25. The summed E-state index contributed by atoms with van der Waals surface area (Å²) >= 11 is 1.44. The molecule has 0 aliphatic rings. The van der Waals surface area contributed by atoms with Crippen LogP contribution in [0.15, 0.2) is 60.0 Å². The van der Waals surface area contributed by atoms with Crippen LogP contribution in [0.1, 0.15) is 15.2 Å². The maximum Gasteiger partial charge on any atom is 0.262 e. The maximum atomic E-state index is 12.5. The van der Waals surface area contributed by atoms with Gasteiger partial charge in [-0.15, -0.1) is 11.3 Å². The van der Waals surface area contributed by atoms with Crippen molar-refractivity contribution in [1.29, 1.82) is 0 Å². The zero-order valence-corrected chi connectivity index (χ0v) is 15.6. The number of benzene rings is 2. The van der Waals surface area contributed by atoms with Gasteiger partial charge in [0, 0.05) is 5.56 Å². The zero-order valence-electron chi connectivity index (χ0n) is 14.8. The molecule has 0 aliphatic carbocycles. The van der Waals surface area contributed by atoms with Crippen molar-refractivity contribution >= 4 is 17.2 Å². The molecule has 0 unspecified atom stereocenters. The van der Waals surface area contributed by atoms with Crippen molar-refractivity contribution in [3.05, 3.63) is 70.4 Å². The second kappa shape index (κ2) is 8.54. The summed E-state index contributed by atoms with van der Waals surface area (Å²) in [5, 5.41) is 4.86. The third-order valence-electron chi connectivity index (χ3n) is 3.95. The fourth-order valence-corrected chi connectivity index (χ4v) is 3.42. The van der Waals surface area contributed by atoms with Gasteiger partial charge < -0.3 is 14.8 Å². The van der Waals surface area contributed by atoms with Crippen LogP contribution < -0.4 is 14.8 Å². The van der Waals surface area contributed by atoms with E-state index in [2.05, 4.69) is 17.4 Å². The Morgan fingerprint density at radius 3 is 2.50 bits per heavy atom. The molecule has 0 atom stereocenters. The van der Waals surface area contributed by atoms with Crippen molar-refractivity contribution in [2.24, 2.45) is 0 Å². The van der Waals surface area contributed by atoms with Gasteiger partial charge in [0.05, 0.1) is 18.5 Å². The Morgan fingerprint density at radius 2 is 1.77 bits per heavy atom. The molecule has 3 rings (SSSR count). The first kappa shape index (κ1) is 18.0. The summed E-state index contributed by atoms with van der Waals surface area (Å²) in [7, 11) is 1.60. The summed E-state index contributed by atoms with van der Waals surface area (Å²) in [5.74, 6) is 1.26. The van der Waals surface area contributed by atoms with E-state index < -0.39 is 0 Å². The quantitative estimate of drug-likeness (QED) is 0.624. The molecule has 0 saturated heterocycles. The van der Waals surface area contributed by atoms with Gasteiger partial charge in [-0.05, 0) is 36.1 Å². The van der Waals surface area contributed by atoms with E-state index in [0.717, 1.165) is 11.1 Å². The lowest BCUT2D eigenvalue weighted by molar-refractivity contribution is 0.0951. The number of para-hydroxylation sites is 2. The van der Waals surface area contributed by atoms with Crippen LogP contribution in [0, 0.1) is 6.92 Å². The third-order valence-corrected chi connectivity index (χ3v) is 4.86. The lowest BCUT2D eigenvalue weighted by Gasteiger charge is -2.11. The summed E-state index contributed by atoms with van der Waals surface area (Å²) < 4.78 is 10.9. The predicted octanol–water partition coefficient (Wildman–Crippen LogP) is 4.54. The van der Waals surface area contributed by atoms with Crippen molar-refractivity contribution in [3.8, 4) is 22.6 Å². The molecule has 1 N–H and O–H groups in total. The standard InChI is InChI=1S/C21H21NO3S/c1-15-7-9-16(10-8-15)17-11-14-26-20(17)21(23)22-12-13-25-19-6-4-3-5-18(19)24-2/h3-11,14H,12-13H2,1-2H3,(H,22,23). The van der Waals surface area contributed by atoms with Gasteiger partial charge in [0.25, 0.3) is 5.91 Å². The number of nitrogens with one attached hydrogen (secondary N) is 1. The summed E-state index contributed by atoms with van der Waals surface area (Å²) in [4.78, 5) is 13.2. The highest BCUT2D eigenvalue weighted by atomic mass is 32.1. The molecule has 1 aromatic heterocycles. The van der Waals surface area contributed by atoms with E-state index >= 15 is 0 Å². The van der Waals surface area contributed by atoms with E-state index in [1.807, 2.05) is 54.8 Å². The number of carbonyl (C=O) groups is 1. The van der Waals surface area contributed by atoms with Crippen LogP contribution in [0.3, 0.4) is 0 Å². The lowest BCUT2D eigenvalue weighted by atomic mass is 10.0. The fraction of sp³-hybridized carbons (Fsp3) is 0.190. The highest BCUT2D eigenvalue weighted by Gasteiger charge is 2.14. The highest BCUT2D eigenvalue weighted by molar-refractivity contribution is 7.12. The SMILES string of the molecule is COc1ccccc1OCCNC(=O)c1sccc1-c1ccc(C)cc1. The number of methoxy groups -OCH3 is 1. The molecule has 0 radical (unpaired) electrons. The molecule has 26 heavy (non-hydrogen) atoms. The molecule has 0 fully saturated rings. The predicted molar refractivity (Wildman–Crippen MR) is 105 cm³/mol. The van der Waals surface area contributed by atoms with Crippen LogP contribution in [0.5, 0.6) is 11.5 Å². The first-order valence-electron chi connectivity index (χ1n) is 8.37. The van der Waals surface area contributed by atoms with Gasteiger partial charge in [-0.2, -0.15) is 0 Å². The molecular weight excluding hydrogens is 346 g/mol. The molecule has 0 aliphatic heterocycles. The number of thiophene rings is 1. The van der Waals surface area contributed by atoms with E-state index in [4.69, 9.17) is 9.47 Å². The summed E-state index contributed by atoms with van der Waals surface area (Å²) in [5.41, 5.74) is 3.20. The third kappa shape index (κ3) is 4.24. The van der Waals surface area contributed by atoms with Crippen LogP contribution in [0.2, 0.25) is 0 Å². The smallest absolute Gasteiger partial charge is 0.262 e. The molecular formula is C21H21NO3S. The van der Waals surface area contributed by atoms with Crippen molar-refractivity contribution in [2.75, 3.05) is 20.3 Å². The Hall–Kier alpha value is -2.79. The van der Waals surface area contributed by atoms with E-state index in [-0.39, 0.29) is 5.91 Å². The number of ether oxygens (including phenoxy) is 2. The second-order valence-corrected chi connectivity index (χ2v) is 6.70. The van der Waals surface area contributed by atoms with E-state index in [0.29, 0.717) is 29.5 Å². The topological polar surface area (TPSA) is 47.6 Å². The molecule has 5 heteroatoms. The number of amides is 1. The van der Waals surface area contributed by atoms with Crippen molar-refractivity contribution in [2.45, 2.75) is 6.92 Å². The Kier molecular flexibility index (Phi) is 5.92. The minimum Gasteiger partial charge on any atom is -0.493 e. The van der Waals surface area contributed by atoms with Crippen LogP contribution >= 0.6 is 11.3 Å². The number of hydrogen-bond acceptors (Lipinski definition) is 4. The van der Waals surface area contributed by atoms with Gasteiger partial charge >= 0.3 is 0 Å². The number of hydrogen-bond donors (Lipinski definition) is 1. The summed E-state index contributed by atoms with van der Waals surface area (Å²) in [6, 6.07) is 17.6. The molecule has 0 bridgehead atoms. The van der Waals surface area contributed by atoms with Gasteiger partial charge in [0.2, 0.25) is 0 Å². The van der Waals surface area contributed by atoms with E-state index in [1.165, 1.54) is 16.9 Å². The summed E-state index contributed by atoms with van der Waals surface area (Å²) in [6.45, 7) is 2.84. The van der Waals surface area contributed by atoms with Gasteiger partial charge in [0.15, 0.2) is 11.5 Å². The minimum absolute atomic E-state index is 0.0841.